The highest BCUT2D eigenvalue weighted by atomic mass is 16.6. The van der Waals surface area contributed by atoms with E-state index in [9.17, 15) is 50.0 Å². The lowest BCUT2D eigenvalue weighted by Crippen LogP contribution is -2.68. The largest absolute Gasteiger partial charge is 0.510 e. The van der Waals surface area contributed by atoms with Gasteiger partial charge < -0.3 is 31.3 Å². The number of Topliss-reactive ketones (excluding diaryl/α,β-unsaturated/α-hetero) is 2. The number of aliphatic hydroxyl groups excluding tert-OH is 3. The Bertz CT molecular complexity index is 1420. The summed E-state index contributed by atoms with van der Waals surface area (Å²) >= 11 is 0. The van der Waals surface area contributed by atoms with E-state index in [-0.39, 0.29) is 11.1 Å². The second-order valence-corrected chi connectivity index (χ2v) is 11.6. The van der Waals surface area contributed by atoms with Crippen molar-refractivity contribution in [3.63, 3.8) is 0 Å². The van der Waals surface area contributed by atoms with E-state index in [0.717, 1.165) is 0 Å². The molecule has 3 aliphatic carbocycles. The van der Waals surface area contributed by atoms with Gasteiger partial charge in [-0.25, -0.2) is 0 Å². The molecule has 7 N–H and O–H groups in total. The van der Waals surface area contributed by atoms with Gasteiger partial charge in [0.2, 0.25) is 5.78 Å². The topological polar surface area (TPSA) is 225 Å². The van der Waals surface area contributed by atoms with Crippen LogP contribution in [0.5, 0.6) is 5.75 Å². The Kier molecular flexibility index (Phi) is 6.22. The van der Waals surface area contributed by atoms with E-state index in [1.165, 1.54) is 32.0 Å². The average Bonchev–Trinajstić information content (AvgIpc) is 2.79. The molecule has 0 radical (unpaired) electrons. The molecule has 1 aromatic carbocycles. The fourth-order valence-electron chi connectivity index (χ4n) is 6.47. The predicted octanol–water partition coefficient (Wildman–Crippen LogP) is 0.858. The highest BCUT2D eigenvalue weighted by molar-refractivity contribution is 6.25. The summed E-state index contributed by atoms with van der Waals surface area (Å²) in [6, 6.07) is -0.261. The number of likely N-dealkylation sites (N-methyl/N-ethyl adjacent to an activating group) is 1. The lowest BCUT2D eigenvalue weighted by Gasteiger charge is -2.53. The van der Waals surface area contributed by atoms with Gasteiger partial charge in [-0.2, -0.15) is 0 Å². The first-order valence-corrected chi connectivity index (χ1v) is 12.2. The Morgan fingerprint density at radius 3 is 2.21 bits per heavy atom. The van der Waals surface area contributed by atoms with E-state index in [1.807, 2.05) is 0 Å². The molecule has 0 bridgehead atoms. The van der Waals surface area contributed by atoms with Crippen LogP contribution in [0.1, 0.15) is 55.1 Å². The number of hydrogen-bond acceptors (Lipinski definition) is 11. The number of ketones is 2. The minimum Gasteiger partial charge on any atom is -0.510 e. The summed E-state index contributed by atoms with van der Waals surface area (Å²) in [5.41, 5.74) is -1.32. The van der Waals surface area contributed by atoms with Crippen LogP contribution in [0.4, 0.5) is 5.69 Å². The Hall–Kier alpha value is -3.81. The van der Waals surface area contributed by atoms with Gasteiger partial charge in [0, 0.05) is 28.7 Å². The number of nitro groups is 1. The van der Waals surface area contributed by atoms with Gasteiger partial charge in [0.05, 0.1) is 28.6 Å². The number of amides is 1. The van der Waals surface area contributed by atoms with Crippen LogP contribution >= 0.6 is 0 Å². The van der Waals surface area contributed by atoms with Crippen molar-refractivity contribution in [2.45, 2.75) is 56.8 Å². The van der Waals surface area contributed by atoms with Crippen molar-refractivity contribution in [1.29, 1.82) is 0 Å². The number of benzene rings is 1. The number of phenolic OH excluding ortho intramolecular Hbond substituents is 1. The molecule has 39 heavy (non-hydrogen) atoms. The number of phenols is 1. The molecule has 0 saturated carbocycles. The highest BCUT2D eigenvalue weighted by Gasteiger charge is 2.67. The quantitative estimate of drug-likeness (QED) is 0.177. The first kappa shape index (κ1) is 28.2. The SMILES string of the molecule is CC1c2c([N+](=O)[O-])cc(C(C)(C)C)c(O)c2C(=O)C2=C(O)C3(O)C(=O)C(C(N)=O)=C(O)C(N(C)C)C3C(O)C21. The number of nitrogens with two attached hydrogens (primary N) is 1. The van der Waals surface area contributed by atoms with Crippen LogP contribution in [0, 0.1) is 22.0 Å². The summed E-state index contributed by atoms with van der Waals surface area (Å²) in [4.78, 5) is 52.2. The van der Waals surface area contributed by atoms with Crippen molar-refractivity contribution >= 4 is 23.2 Å². The summed E-state index contributed by atoms with van der Waals surface area (Å²) < 4.78 is 0. The molecule has 0 heterocycles. The zero-order valence-corrected chi connectivity index (χ0v) is 22.2. The number of fused-ring (bicyclic) bond motifs is 3. The predicted molar refractivity (Wildman–Crippen MR) is 135 cm³/mol. The summed E-state index contributed by atoms with van der Waals surface area (Å²) in [7, 11) is 2.83. The summed E-state index contributed by atoms with van der Waals surface area (Å²) in [6.45, 7) is 6.44. The van der Waals surface area contributed by atoms with Crippen LogP contribution in [-0.2, 0) is 15.0 Å². The summed E-state index contributed by atoms with van der Waals surface area (Å²) in [5.74, 6) is -10.8. The molecular weight excluding hydrogens is 514 g/mol. The molecule has 6 atom stereocenters. The second kappa shape index (κ2) is 8.60. The number of primary amides is 1. The van der Waals surface area contributed by atoms with Crippen LogP contribution < -0.4 is 5.73 Å². The van der Waals surface area contributed by atoms with Crippen LogP contribution in [0.2, 0.25) is 0 Å². The Balaban J connectivity index is 2.12. The van der Waals surface area contributed by atoms with Gasteiger partial charge in [0.1, 0.15) is 22.8 Å². The molecule has 3 aliphatic rings. The molecule has 0 saturated heterocycles. The van der Waals surface area contributed by atoms with E-state index in [0.29, 0.717) is 0 Å². The molecular formula is C26H31N3O10. The normalized spacial score (nSPS) is 30.7. The molecule has 0 aliphatic heterocycles. The number of carbonyl (C=O) groups excluding carboxylic acids is 3. The average molecular weight is 546 g/mol. The lowest BCUT2D eigenvalue weighted by atomic mass is 9.55. The van der Waals surface area contributed by atoms with Crippen LogP contribution in [0.15, 0.2) is 28.7 Å². The smallest absolute Gasteiger partial charge is 0.274 e. The van der Waals surface area contributed by atoms with Gasteiger partial charge >= 0.3 is 0 Å². The number of aromatic hydroxyl groups is 1. The lowest BCUT2D eigenvalue weighted by molar-refractivity contribution is -0.386. The zero-order valence-electron chi connectivity index (χ0n) is 22.2. The van der Waals surface area contributed by atoms with E-state index >= 15 is 0 Å². The number of nitro benzene ring substituents is 1. The molecule has 6 unspecified atom stereocenters. The van der Waals surface area contributed by atoms with Gasteiger partial charge in [0.25, 0.3) is 11.6 Å². The minimum absolute atomic E-state index is 0.0743. The van der Waals surface area contributed by atoms with Crippen molar-refractivity contribution in [2.75, 3.05) is 14.1 Å². The third-order valence-corrected chi connectivity index (χ3v) is 8.21. The molecule has 210 valence electrons. The maximum absolute atomic E-state index is 13.9. The maximum Gasteiger partial charge on any atom is 0.274 e. The number of rotatable bonds is 3. The molecule has 4 rings (SSSR count). The minimum atomic E-state index is -3.06. The Morgan fingerprint density at radius 1 is 1.18 bits per heavy atom. The van der Waals surface area contributed by atoms with Crippen molar-refractivity contribution in [2.24, 2.45) is 17.6 Å². The Morgan fingerprint density at radius 2 is 1.74 bits per heavy atom. The maximum atomic E-state index is 13.9. The molecule has 0 spiro atoms. The third kappa shape index (κ3) is 3.53. The highest BCUT2D eigenvalue weighted by Crippen LogP contribution is 2.57. The van der Waals surface area contributed by atoms with Crippen molar-refractivity contribution in [1.82, 2.24) is 4.90 Å². The van der Waals surface area contributed by atoms with E-state index < -0.39 is 103 Å². The molecule has 13 heteroatoms. The number of carbonyl (C=O) groups is 3. The number of hydrogen-bond donors (Lipinski definition) is 6. The molecule has 0 fully saturated rings. The zero-order chi connectivity index (χ0) is 29.7. The van der Waals surface area contributed by atoms with E-state index in [1.54, 1.807) is 20.8 Å². The summed E-state index contributed by atoms with van der Waals surface area (Å²) in [6.07, 6.45) is -1.84. The first-order valence-electron chi connectivity index (χ1n) is 12.2. The number of nitrogens with zero attached hydrogens (tertiary/aromatic N) is 2. The second-order valence-electron chi connectivity index (χ2n) is 11.6. The Labute approximate surface area is 223 Å². The van der Waals surface area contributed by atoms with Gasteiger partial charge in [-0.1, -0.05) is 27.7 Å². The van der Waals surface area contributed by atoms with Crippen LogP contribution in [-0.4, -0.2) is 84.7 Å². The van der Waals surface area contributed by atoms with E-state index in [2.05, 4.69) is 0 Å². The fourth-order valence-corrected chi connectivity index (χ4v) is 6.47. The summed E-state index contributed by atoms with van der Waals surface area (Å²) in [5, 5.41) is 68.9. The monoisotopic (exact) mass is 545 g/mol. The van der Waals surface area contributed by atoms with E-state index in [4.69, 9.17) is 5.73 Å². The molecule has 13 nitrogen and oxygen atoms in total. The first-order chi connectivity index (χ1) is 17.8. The third-order valence-electron chi connectivity index (χ3n) is 8.21. The van der Waals surface area contributed by atoms with Crippen LogP contribution in [0.3, 0.4) is 0 Å². The number of aliphatic hydroxyl groups is 4. The van der Waals surface area contributed by atoms with Gasteiger partial charge in [0.15, 0.2) is 11.4 Å². The molecule has 1 amide bonds. The van der Waals surface area contributed by atoms with Gasteiger partial charge in [-0.05, 0) is 25.4 Å². The van der Waals surface area contributed by atoms with Crippen molar-refractivity contribution in [3.8, 4) is 5.75 Å². The standard InChI is InChI=1S/C26H31N3O10/c1-8-11-10(29(38)39)7-9(25(2,3)4)18(30)13(11)19(31)14-12(8)20(32)16-17(28(5)6)21(33)15(24(27)36)23(35)26(16,37)22(14)34/h7-8,12,16-17,20,30,32-34,37H,1-6H3,(H2,27,36). The van der Waals surface area contributed by atoms with Crippen LogP contribution in [0.25, 0.3) is 0 Å². The van der Waals surface area contributed by atoms with Crippen molar-refractivity contribution < 1.29 is 44.8 Å². The van der Waals surface area contributed by atoms with Crippen molar-refractivity contribution in [3.05, 3.63) is 55.5 Å². The molecule has 1 aromatic rings. The van der Waals surface area contributed by atoms with Gasteiger partial charge in [-0.15, -0.1) is 0 Å². The molecule has 0 aromatic heterocycles. The van der Waals surface area contributed by atoms with Gasteiger partial charge in [-0.3, -0.25) is 29.4 Å². The fraction of sp³-hybridized carbons (Fsp3) is 0.500.